The molecule has 84 valence electrons. The van der Waals surface area contributed by atoms with E-state index in [2.05, 4.69) is 4.74 Å². The molecule has 0 bridgehead atoms. The molecule has 0 heterocycles. The summed E-state index contributed by atoms with van der Waals surface area (Å²) in [4.78, 5) is 0. The lowest BCUT2D eigenvalue weighted by Crippen LogP contribution is -2.10. The lowest BCUT2D eigenvalue weighted by Gasteiger charge is -2.18. The van der Waals surface area contributed by atoms with Crippen LogP contribution in [0.1, 0.15) is 26.3 Å². The zero-order valence-electron chi connectivity index (χ0n) is 9.53. The van der Waals surface area contributed by atoms with Crippen molar-refractivity contribution in [2.75, 3.05) is 7.11 Å². The molecule has 0 N–H and O–H groups in total. The second-order valence-electron chi connectivity index (χ2n) is 4.83. The summed E-state index contributed by atoms with van der Waals surface area (Å²) >= 11 is 0. The molecule has 0 aliphatic carbocycles. The van der Waals surface area contributed by atoms with Crippen LogP contribution in [0.25, 0.3) is 0 Å². The van der Waals surface area contributed by atoms with E-state index in [9.17, 15) is 8.78 Å². The number of hydrogen-bond donors (Lipinski definition) is 0. The van der Waals surface area contributed by atoms with Gasteiger partial charge in [-0.25, -0.2) is 8.78 Å². The SMILES string of the molecule is COc1c(F)cc(CC(C)(C)C)cc1F. The van der Waals surface area contributed by atoms with Crippen molar-refractivity contribution in [2.45, 2.75) is 27.2 Å². The zero-order valence-corrected chi connectivity index (χ0v) is 9.53. The van der Waals surface area contributed by atoms with Gasteiger partial charge in [-0.2, -0.15) is 0 Å². The van der Waals surface area contributed by atoms with Crippen molar-refractivity contribution in [2.24, 2.45) is 5.41 Å². The Morgan fingerprint density at radius 1 is 1.13 bits per heavy atom. The normalized spacial score (nSPS) is 11.6. The Balaban J connectivity index is 3.04. The Morgan fingerprint density at radius 2 is 1.60 bits per heavy atom. The minimum absolute atomic E-state index is 0.00741. The van der Waals surface area contributed by atoms with Crippen LogP contribution in [0.4, 0.5) is 8.78 Å². The van der Waals surface area contributed by atoms with Gasteiger partial charge in [0.2, 0.25) is 0 Å². The molecule has 0 saturated carbocycles. The van der Waals surface area contributed by atoms with Crippen LogP contribution < -0.4 is 4.74 Å². The highest BCUT2D eigenvalue weighted by Crippen LogP contribution is 2.27. The second kappa shape index (κ2) is 4.17. The predicted molar refractivity (Wildman–Crippen MR) is 56.1 cm³/mol. The van der Waals surface area contributed by atoms with Crippen LogP contribution in [0.3, 0.4) is 0 Å². The van der Waals surface area contributed by atoms with Crippen LogP contribution in [-0.2, 0) is 6.42 Å². The smallest absolute Gasteiger partial charge is 0.190 e. The average molecular weight is 214 g/mol. The van der Waals surface area contributed by atoms with Crippen molar-refractivity contribution >= 4 is 0 Å². The average Bonchev–Trinajstić information content (AvgIpc) is 1.99. The third kappa shape index (κ3) is 3.18. The van der Waals surface area contributed by atoms with Gasteiger partial charge in [-0.15, -0.1) is 0 Å². The number of benzene rings is 1. The Morgan fingerprint density at radius 3 is 1.93 bits per heavy atom. The van der Waals surface area contributed by atoms with Crippen LogP contribution in [0.5, 0.6) is 5.75 Å². The molecule has 0 aromatic heterocycles. The number of hydrogen-bond acceptors (Lipinski definition) is 1. The Labute approximate surface area is 89.1 Å². The number of rotatable bonds is 2. The summed E-state index contributed by atoms with van der Waals surface area (Å²) in [6.45, 7) is 6.06. The molecule has 15 heavy (non-hydrogen) atoms. The van der Waals surface area contributed by atoms with E-state index in [1.807, 2.05) is 20.8 Å². The maximum absolute atomic E-state index is 13.3. The fraction of sp³-hybridized carbons (Fsp3) is 0.500. The molecule has 0 saturated heterocycles. The number of halogens is 2. The number of methoxy groups -OCH3 is 1. The first kappa shape index (κ1) is 12.0. The van der Waals surface area contributed by atoms with Crippen LogP contribution in [0, 0.1) is 17.0 Å². The van der Waals surface area contributed by atoms with Gasteiger partial charge in [0, 0.05) is 0 Å². The van der Waals surface area contributed by atoms with E-state index < -0.39 is 11.6 Å². The van der Waals surface area contributed by atoms with Crippen molar-refractivity contribution in [3.05, 3.63) is 29.3 Å². The quantitative estimate of drug-likeness (QED) is 0.731. The maximum atomic E-state index is 13.3. The highest BCUT2D eigenvalue weighted by atomic mass is 19.1. The van der Waals surface area contributed by atoms with Gasteiger partial charge in [-0.3, -0.25) is 0 Å². The molecule has 0 spiro atoms. The minimum atomic E-state index is -0.642. The highest BCUT2D eigenvalue weighted by Gasteiger charge is 2.16. The molecule has 0 radical (unpaired) electrons. The Kier molecular flexibility index (Phi) is 3.32. The Bertz CT molecular complexity index is 330. The topological polar surface area (TPSA) is 9.23 Å². The third-order valence-electron chi connectivity index (χ3n) is 2.00. The van der Waals surface area contributed by atoms with Crippen molar-refractivity contribution in [1.82, 2.24) is 0 Å². The van der Waals surface area contributed by atoms with Gasteiger partial charge >= 0.3 is 0 Å². The van der Waals surface area contributed by atoms with Gasteiger partial charge in [0.1, 0.15) is 0 Å². The van der Waals surface area contributed by atoms with Gasteiger partial charge in [0.05, 0.1) is 7.11 Å². The minimum Gasteiger partial charge on any atom is -0.491 e. The molecule has 0 aliphatic heterocycles. The van der Waals surface area contributed by atoms with E-state index in [0.29, 0.717) is 12.0 Å². The van der Waals surface area contributed by atoms with E-state index >= 15 is 0 Å². The van der Waals surface area contributed by atoms with Gasteiger partial charge in [0.25, 0.3) is 0 Å². The van der Waals surface area contributed by atoms with Crippen LogP contribution >= 0.6 is 0 Å². The largest absolute Gasteiger partial charge is 0.491 e. The molecule has 0 fully saturated rings. The van der Waals surface area contributed by atoms with Crippen LogP contribution in [-0.4, -0.2) is 7.11 Å². The molecule has 0 unspecified atom stereocenters. The van der Waals surface area contributed by atoms with E-state index in [-0.39, 0.29) is 11.2 Å². The van der Waals surface area contributed by atoms with Crippen molar-refractivity contribution in [1.29, 1.82) is 0 Å². The fourth-order valence-corrected chi connectivity index (χ4v) is 1.52. The summed E-state index contributed by atoms with van der Waals surface area (Å²) < 4.78 is 31.3. The van der Waals surface area contributed by atoms with E-state index in [4.69, 9.17) is 0 Å². The fourth-order valence-electron chi connectivity index (χ4n) is 1.52. The van der Waals surface area contributed by atoms with Gasteiger partial charge in [-0.1, -0.05) is 20.8 Å². The van der Waals surface area contributed by atoms with Crippen molar-refractivity contribution in [3.8, 4) is 5.75 Å². The Hall–Kier alpha value is -1.12. The zero-order chi connectivity index (χ0) is 11.6. The lowest BCUT2D eigenvalue weighted by atomic mass is 9.88. The predicted octanol–water partition coefficient (Wildman–Crippen LogP) is 3.56. The standard InChI is InChI=1S/C12H16F2O/c1-12(2,3)7-8-5-9(13)11(15-4)10(14)6-8/h5-6H,7H2,1-4H3. The summed E-state index contributed by atoms with van der Waals surface area (Å²) in [6, 6.07) is 2.65. The van der Waals surface area contributed by atoms with Gasteiger partial charge < -0.3 is 4.74 Å². The molecule has 3 heteroatoms. The summed E-state index contributed by atoms with van der Waals surface area (Å²) in [7, 11) is 1.25. The van der Waals surface area contributed by atoms with Crippen molar-refractivity contribution in [3.63, 3.8) is 0 Å². The van der Waals surface area contributed by atoms with Crippen LogP contribution in [0.2, 0.25) is 0 Å². The maximum Gasteiger partial charge on any atom is 0.190 e. The molecular weight excluding hydrogens is 198 g/mol. The van der Waals surface area contributed by atoms with E-state index in [0.717, 1.165) is 0 Å². The molecule has 1 rings (SSSR count). The highest BCUT2D eigenvalue weighted by molar-refractivity contribution is 5.31. The molecule has 0 amide bonds. The molecular formula is C12H16F2O. The first-order valence-corrected chi connectivity index (χ1v) is 4.85. The first-order chi connectivity index (χ1) is 6.83. The first-order valence-electron chi connectivity index (χ1n) is 4.85. The molecule has 1 nitrogen and oxygen atoms in total. The summed E-state index contributed by atoms with van der Waals surface area (Å²) in [6.07, 6.45) is 0.630. The van der Waals surface area contributed by atoms with Crippen molar-refractivity contribution < 1.29 is 13.5 Å². The monoisotopic (exact) mass is 214 g/mol. The van der Waals surface area contributed by atoms with Crippen LogP contribution in [0.15, 0.2) is 12.1 Å². The molecule has 1 aromatic carbocycles. The summed E-state index contributed by atoms with van der Waals surface area (Å²) in [5.41, 5.74) is 0.659. The number of ether oxygens (including phenoxy) is 1. The summed E-state index contributed by atoms with van der Waals surface area (Å²) in [5, 5.41) is 0. The second-order valence-corrected chi connectivity index (χ2v) is 4.83. The third-order valence-corrected chi connectivity index (χ3v) is 2.00. The summed E-state index contributed by atoms with van der Waals surface area (Å²) in [5.74, 6) is -1.60. The van der Waals surface area contributed by atoms with E-state index in [1.165, 1.54) is 19.2 Å². The molecule has 1 aromatic rings. The molecule has 0 atom stereocenters. The van der Waals surface area contributed by atoms with E-state index in [1.54, 1.807) is 0 Å². The van der Waals surface area contributed by atoms with Gasteiger partial charge in [-0.05, 0) is 29.5 Å². The lowest BCUT2D eigenvalue weighted by molar-refractivity contribution is 0.356. The molecule has 0 aliphatic rings. The van der Waals surface area contributed by atoms with Gasteiger partial charge in [0.15, 0.2) is 17.4 Å².